The van der Waals surface area contributed by atoms with Crippen LogP contribution in [0, 0.1) is 5.82 Å². The molecule has 1 aliphatic rings. The fourth-order valence-electron chi connectivity index (χ4n) is 4.11. The third kappa shape index (κ3) is 6.09. The summed E-state index contributed by atoms with van der Waals surface area (Å²) in [5.74, 6) is 1.02. The van der Waals surface area contributed by atoms with Crippen LogP contribution in [-0.2, 0) is 19.7 Å². The first-order chi connectivity index (χ1) is 15.7. The Morgan fingerprint density at radius 1 is 0.906 bits per heavy atom. The Balaban J connectivity index is 1.25. The molecule has 0 amide bonds. The van der Waals surface area contributed by atoms with Crippen molar-refractivity contribution in [1.82, 2.24) is 10.2 Å². The molecule has 0 aliphatic carbocycles. The molecule has 1 heterocycles. The van der Waals surface area contributed by atoms with Crippen LogP contribution in [0.2, 0.25) is 0 Å². The fraction of sp³-hybridized carbons (Fsp3) is 0.333. The quantitative estimate of drug-likeness (QED) is 0.504. The lowest BCUT2D eigenvalue weighted by Gasteiger charge is -2.32. The standard InChI is InChI=1S/C27H31FN2O2/c1-31-27-17-22(11-12-26(27)32-20-23-9-5-6-10-25(23)28)18-29-24-13-15-30(16-14-24)19-21-7-3-2-4-8-21/h2-12,17,24,29H,13-16,18-20H2,1H3. The molecule has 32 heavy (non-hydrogen) atoms. The molecule has 3 aromatic carbocycles. The average Bonchev–Trinajstić information content (AvgIpc) is 2.84. The monoisotopic (exact) mass is 434 g/mol. The van der Waals surface area contributed by atoms with E-state index in [4.69, 9.17) is 9.47 Å². The zero-order valence-electron chi connectivity index (χ0n) is 18.6. The van der Waals surface area contributed by atoms with Crippen LogP contribution in [0.4, 0.5) is 4.39 Å². The highest BCUT2D eigenvalue weighted by molar-refractivity contribution is 5.43. The van der Waals surface area contributed by atoms with E-state index in [1.807, 2.05) is 18.2 Å². The number of likely N-dealkylation sites (tertiary alicyclic amines) is 1. The van der Waals surface area contributed by atoms with Gasteiger partial charge >= 0.3 is 0 Å². The predicted molar refractivity (Wildman–Crippen MR) is 125 cm³/mol. The van der Waals surface area contributed by atoms with E-state index >= 15 is 0 Å². The summed E-state index contributed by atoms with van der Waals surface area (Å²) in [6.45, 7) is 4.20. The Bertz CT molecular complexity index is 988. The Morgan fingerprint density at radius 2 is 1.66 bits per heavy atom. The molecule has 3 aromatic rings. The van der Waals surface area contributed by atoms with Crippen LogP contribution in [0.3, 0.4) is 0 Å². The maximum Gasteiger partial charge on any atom is 0.161 e. The number of methoxy groups -OCH3 is 1. The van der Waals surface area contributed by atoms with Gasteiger partial charge in [-0.05, 0) is 55.3 Å². The number of hydrogen-bond acceptors (Lipinski definition) is 4. The molecule has 0 radical (unpaired) electrons. The van der Waals surface area contributed by atoms with E-state index in [0.29, 0.717) is 23.1 Å². The smallest absolute Gasteiger partial charge is 0.161 e. The van der Waals surface area contributed by atoms with Crippen LogP contribution in [0.25, 0.3) is 0 Å². The number of hydrogen-bond donors (Lipinski definition) is 1. The molecule has 1 N–H and O–H groups in total. The summed E-state index contributed by atoms with van der Waals surface area (Å²) in [6.07, 6.45) is 2.29. The summed E-state index contributed by atoms with van der Waals surface area (Å²) in [6, 6.07) is 23.8. The van der Waals surface area contributed by atoms with Crippen LogP contribution in [0.1, 0.15) is 29.5 Å². The number of piperidine rings is 1. The van der Waals surface area contributed by atoms with Crippen LogP contribution in [0.5, 0.6) is 11.5 Å². The van der Waals surface area contributed by atoms with Crippen molar-refractivity contribution in [3.63, 3.8) is 0 Å². The zero-order chi connectivity index (χ0) is 22.2. The molecule has 168 valence electrons. The molecule has 1 fully saturated rings. The van der Waals surface area contributed by atoms with Crippen molar-refractivity contribution in [2.75, 3.05) is 20.2 Å². The lowest BCUT2D eigenvalue weighted by Crippen LogP contribution is -2.41. The van der Waals surface area contributed by atoms with Crippen molar-refractivity contribution in [2.45, 2.75) is 38.6 Å². The van der Waals surface area contributed by atoms with Gasteiger partial charge in [-0.15, -0.1) is 0 Å². The maximum atomic E-state index is 13.8. The number of nitrogens with one attached hydrogen (secondary N) is 1. The third-order valence-corrected chi connectivity index (χ3v) is 6.00. The highest BCUT2D eigenvalue weighted by Crippen LogP contribution is 2.29. The lowest BCUT2D eigenvalue weighted by atomic mass is 10.0. The highest BCUT2D eigenvalue weighted by Gasteiger charge is 2.19. The second-order valence-electron chi connectivity index (χ2n) is 8.28. The topological polar surface area (TPSA) is 33.7 Å². The van der Waals surface area contributed by atoms with Gasteiger partial charge in [-0.25, -0.2) is 4.39 Å². The Morgan fingerprint density at radius 3 is 2.41 bits per heavy atom. The molecule has 0 unspecified atom stereocenters. The van der Waals surface area contributed by atoms with Gasteiger partial charge in [0.1, 0.15) is 12.4 Å². The molecule has 0 saturated carbocycles. The van der Waals surface area contributed by atoms with E-state index in [-0.39, 0.29) is 12.4 Å². The number of halogens is 1. The summed E-state index contributed by atoms with van der Waals surface area (Å²) in [4.78, 5) is 2.53. The Hall–Kier alpha value is -2.89. The Labute approximate surface area is 190 Å². The molecule has 1 saturated heterocycles. The SMILES string of the molecule is COc1cc(CNC2CCN(Cc3ccccc3)CC2)ccc1OCc1ccccc1F. The van der Waals surface area contributed by atoms with Gasteiger partial charge in [0.05, 0.1) is 7.11 Å². The molecule has 4 nitrogen and oxygen atoms in total. The van der Waals surface area contributed by atoms with Crippen LogP contribution in [-0.4, -0.2) is 31.1 Å². The average molecular weight is 435 g/mol. The van der Waals surface area contributed by atoms with E-state index in [1.165, 1.54) is 11.6 Å². The molecule has 1 aliphatic heterocycles. The van der Waals surface area contributed by atoms with Gasteiger partial charge in [0, 0.05) is 24.7 Å². The summed E-state index contributed by atoms with van der Waals surface area (Å²) < 4.78 is 25.2. The van der Waals surface area contributed by atoms with Crippen molar-refractivity contribution in [2.24, 2.45) is 0 Å². The van der Waals surface area contributed by atoms with Crippen LogP contribution < -0.4 is 14.8 Å². The van der Waals surface area contributed by atoms with E-state index in [0.717, 1.165) is 44.6 Å². The molecule has 0 spiro atoms. The van der Waals surface area contributed by atoms with Crippen LogP contribution in [0.15, 0.2) is 72.8 Å². The molecule has 0 atom stereocenters. The first kappa shape index (κ1) is 22.3. The predicted octanol–water partition coefficient (Wildman–Crippen LogP) is 5.17. The number of rotatable bonds is 9. The largest absolute Gasteiger partial charge is 0.493 e. The van der Waals surface area contributed by atoms with E-state index in [1.54, 1.807) is 25.3 Å². The van der Waals surface area contributed by atoms with Gasteiger partial charge in [-0.2, -0.15) is 0 Å². The van der Waals surface area contributed by atoms with Gasteiger partial charge in [0.2, 0.25) is 0 Å². The summed E-state index contributed by atoms with van der Waals surface area (Å²) in [7, 11) is 1.63. The molecular formula is C27H31FN2O2. The molecular weight excluding hydrogens is 403 g/mol. The zero-order valence-corrected chi connectivity index (χ0v) is 18.6. The van der Waals surface area contributed by atoms with Crippen LogP contribution >= 0.6 is 0 Å². The fourth-order valence-corrected chi connectivity index (χ4v) is 4.11. The molecule has 0 aromatic heterocycles. The van der Waals surface area contributed by atoms with Gasteiger partial charge in [0.25, 0.3) is 0 Å². The molecule has 5 heteroatoms. The minimum atomic E-state index is -0.262. The van der Waals surface area contributed by atoms with Gasteiger partial charge in [-0.1, -0.05) is 54.6 Å². The number of ether oxygens (including phenoxy) is 2. The Kier molecular flexibility index (Phi) is 7.75. The minimum absolute atomic E-state index is 0.169. The second-order valence-corrected chi connectivity index (χ2v) is 8.28. The van der Waals surface area contributed by atoms with Gasteiger partial charge in [-0.3, -0.25) is 4.90 Å². The summed E-state index contributed by atoms with van der Waals surface area (Å²) in [5.41, 5.74) is 3.05. The molecule has 0 bridgehead atoms. The maximum absolute atomic E-state index is 13.8. The summed E-state index contributed by atoms with van der Waals surface area (Å²) >= 11 is 0. The van der Waals surface area contributed by atoms with Crippen molar-refractivity contribution < 1.29 is 13.9 Å². The minimum Gasteiger partial charge on any atom is -0.493 e. The third-order valence-electron chi connectivity index (χ3n) is 6.00. The number of nitrogens with zero attached hydrogens (tertiary/aromatic N) is 1. The first-order valence-electron chi connectivity index (χ1n) is 11.2. The summed E-state index contributed by atoms with van der Waals surface area (Å²) in [5, 5.41) is 3.69. The molecule has 4 rings (SSSR count). The lowest BCUT2D eigenvalue weighted by molar-refractivity contribution is 0.190. The number of benzene rings is 3. The van der Waals surface area contributed by atoms with Crippen molar-refractivity contribution in [3.8, 4) is 11.5 Å². The van der Waals surface area contributed by atoms with Crippen molar-refractivity contribution in [1.29, 1.82) is 0 Å². The van der Waals surface area contributed by atoms with E-state index in [2.05, 4.69) is 40.5 Å². The van der Waals surface area contributed by atoms with Crippen molar-refractivity contribution >= 4 is 0 Å². The second kappa shape index (κ2) is 11.1. The normalized spacial score (nSPS) is 14.9. The first-order valence-corrected chi connectivity index (χ1v) is 11.2. The van der Waals surface area contributed by atoms with E-state index < -0.39 is 0 Å². The highest BCUT2D eigenvalue weighted by atomic mass is 19.1. The van der Waals surface area contributed by atoms with E-state index in [9.17, 15) is 4.39 Å². The van der Waals surface area contributed by atoms with Crippen molar-refractivity contribution in [3.05, 3.63) is 95.3 Å². The van der Waals surface area contributed by atoms with Gasteiger partial charge in [0.15, 0.2) is 11.5 Å². The van der Waals surface area contributed by atoms with Gasteiger partial charge < -0.3 is 14.8 Å².